The molecule has 1 fully saturated rings. The van der Waals surface area contributed by atoms with E-state index in [1.54, 1.807) is 0 Å². The summed E-state index contributed by atoms with van der Waals surface area (Å²) in [5.41, 5.74) is -0.758. The molecule has 0 spiro atoms. The van der Waals surface area contributed by atoms with E-state index >= 15 is 0 Å². The molecular formula is C19H26N2O9. The fourth-order valence-electron chi connectivity index (χ4n) is 3.34. The highest BCUT2D eigenvalue weighted by atomic mass is 16.6. The number of nitrogens with zero attached hydrogens (tertiary/aromatic N) is 2. The smallest absolute Gasteiger partial charge is 0.348 e. The first-order valence-corrected chi connectivity index (χ1v) is 9.70. The first kappa shape index (κ1) is 22.1. The van der Waals surface area contributed by atoms with E-state index in [2.05, 4.69) is 4.90 Å². The number of benzene rings is 1. The molecule has 11 heteroatoms. The largest absolute Gasteiger partial charge is 0.489 e. The zero-order chi connectivity index (χ0) is 21.5. The van der Waals surface area contributed by atoms with Crippen molar-refractivity contribution in [3.63, 3.8) is 0 Å². The van der Waals surface area contributed by atoms with Crippen LogP contribution in [0, 0.1) is 10.1 Å². The van der Waals surface area contributed by atoms with Gasteiger partial charge in [0.2, 0.25) is 5.75 Å². The quantitative estimate of drug-likeness (QED) is 0.247. The summed E-state index contributed by atoms with van der Waals surface area (Å²) in [5.74, 6) is -0.648. The molecule has 3 rings (SSSR count). The minimum atomic E-state index is -0.884. The molecule has 1 saturated heterocycles. The lowest BCUT2D eigenvalue weighted by Gasteiger charge is -2.29. The summed E-state index contributed by atoms with van der Waals surface area (Å²) >= 11 is 0. The van der Waals surface area contributed by atoms with Gasteiger partial charge in [0.1, 0.15) is 6.61 Å². The van der Waals surface area contributed by atoms with Crippen LogP contribution < -0.4 is 14.2 Å². The number of rotatable bonds is 9. The summed E-state index contributed by atoms with van der Waals surface area (Å²) < 4.78 is 32.5. The highest BCUT2D eigenvalue weighted by molar-refractivity contribution is 5.99. The van der Waals surface area contributed by atoms with Gasteiger partial charge in [-0.1, -0.05) is 0 Å². The Morgan fingerprint density at radius 2 is 2.07 bits per heavy atom. The first-order chi connectivity index (χ1) is 14.5. The van der Waals surface area contributed by atoms with Gasteiger partial charge in [0.05, 0.1) is 44.5 Å². The Balaban J connectivity index is 1.82. The third-order valence-corrected chi connectivity index (χ3v) is 4.80. The van der Waals surface area contributed by atoms with Gasteiger partial charge in [-0.25, -0.2) is 4.79 Å². The Kier molecular flexibility index (Phi) is 7.66. The fraction of sp³-hybridized carbons (Fsp3) is 0.632. The van der Waals surface area contributed by atoms with Gasteiger partial charge in [0.15, 0.2) is 23.2 Å². The van der Waals surface area contributed by atoms with Crippen LogP contribution in [0.3, 0.4) is 0 Å². The number of carbonyl (C=O) groups is 1. The number of hydrogen-bond acceptors (Lipinski definition) is 10. The van der Waals surface area contributed by atoms with Crippen LogP contribution in [-0.4, -0.2) is 88.8 Å². The summed E-state index contributed by atoms with van der Waals surface area (Å²) in [6.45, 7) is 4.61. The third kappa shape index (κ3) is 5.10. The van der Waals surface area contributed by atoms with E-state index in [4.69, 9.17) is 28.4 Å². The summed E-state index contributed by atoms with van der Waals surface area (Å²) in [6.07, 6.45) is 0.272. The standard InChI is InChI=1S/C19H26N2O9/c1-25-11-13-12-29-18-16(19(22)26-2)14(21(23)24)10-15(17(18)30-13)28-7-3-4-20-5-8-27-9-6-20/h10,13H,3-9,11-12H2,1-2H3. The van der Waals surface area contributed by atoms with Gasteiger partial charge in [-0.3, -0.25) is 15.0 Å². The molecule has 0 bridgehead atoms. The number of nitro benzene ring substituents is 1. The lowest BCUT2D eigenvalue weighted by atomic mass is 10.1. The van der Waals surface area contributed by atoms with Crippen LogP contribution in [0.2, 0.25) is 0 Å². The maximum absolute atomic E-state index is 12.2. The number of carbonyl (C=O) groups excluding carboxylic acids is 1. The number of nitro groups is 1. The van der Waals surface area contributed by atoms with Crippen molar-refractivity contribution in [1.82, 2.24) is 4.90 Å². The molecule has 0 radical (unpaired) electrons. The van der Waals surface area contributed by atoms with Crippen molar-refractivity contribution < 1.29 is 38.1 Å². The summed E-state index contributed by atoms with van der Waals surface area (Å²) in [6, 6.07) is 1.18. The van der Waals surface area contributed by atoms with Crippen molar-refractivity contribution in [2.75, 3.05) is 66.9 Å². The predicted octanol–water partition coefficient (Wildman–Crippen LogP) is 1.27. The van der Waals surface area contributed by atoms with Gasteiger partial charge >= 0.3 is 5.97 Å². The molecule has 0 amide bonds. The second kappa shape index (κ2) is 10.4. The van der Waals surface area contributed by atoms with Crippen LogP contribution in [0.4, 0.5) is 5.69 Å². The maximum Gasteiger partial charge on any atom is 0.348 e. The lowest BCUT2D eigenvalue weighted by molar-refractivity contribution is -0.385. The van der Waals surface area contributed by atoms with Crippen molar-refractivity contribution in [3.05, 3.63) is 21.7 Å². The van der Waals surface area contributed by atoms with E-state index in [9.17, 15) is 14.9 Å². The van der Waals surface area contributed by atoms with Crippen molar-refractivity contribution >= 4 is 11.7 Å². The van der Waals surface area contributed by atoms with Gasteiger partial charge in [-0.15, -0.1) is 0 Å². The van der Waals surface area contributed by atoms with E-state index in [-0.39, 0.29) is 36.0 Å². The van der Waals surface area contributed by atoms with Crippen LogP contribution in [0.25, 0.3) is 0 Å². The Hall–Kier alpha value is -2.63. The number of ether oxygens (including phenoxy) is 6. The summed E-state index contributed by atoms with van der Waals surface area (Å²) in [7, 11) is 2.67. The van der Waals surface area contributed by atoms with E-state index in [0.717, 1.165) is 26.7 Å². The van der Waals surface area contributed by atoms with Gasteiger partial charge in [0.25, 0.3) is 5.69 Å². The Bertz CT molecular complexity index is 765. The van der Waals surface area contributed by atoms with E-state index in [0.29, 0.717) is 26.2 Å². The maximum atomic E-state index is 12.2. The molecule has 11 nitrogen and oxygen atoms in total. The summed E-state index contributed by atoms with van der Waals surface area (Å²) in [5, 5.41) is 11.6. The molecule has 1 aromatic rings. The minimum absolute atomic E-state index is 0.0495. The van der Waals surface area contributed by atoms with Crippen LogP contribution in [0.5, 0.6) is 17.2 Å². The molecule has 2 heterocycles. The molecule has 1 unspecified atom stereocenters. The van der Waals surface area contributed by atoms with Crippen molar-refractivity contribution in [3.8, 4) is 17.2 Å². The number of morpholine rings is 1. The topological polar surface area (TPSA) is 119 Å². The molecule has 2 aliphatic heterocycles. The predicted molar refractivity (Wildman–Crippen MR) is 104 cm³/mol. The van der Waals surface area contributed by atoms with Crippen LogP contribution in [0.15, 0.2) is 6.07 Å². The lowest BCUT2D eigenvalue weighted by Crippen LogP contribution is -2.37. The Labute approximate surface area is 173 Å². The monoisotopic (exact) mass is 426 g/mol. The molecule has 30 heavy (non-hydrogen) atoms. The Morgan fingerprint density at radius 1 is 1.30 bits per heavy atom. The normalized spacial score (nSPS) is 18.7. The molecule has 1 aromatic carbocycles. The molecule has 0 aliphatic carbocycles. The zero-order valence-electron chi connectivity index (χ0n) is 17.1. The van der Waals surface area contributed by atoms with E-state index < -0.39 is 22.7 Å². The number of methoxy groups -OCH3 is 2. The number of hydrogen-bond donors (Lipinski definition) is 0. The van der Waals surface area contributed by atoms with Crippen molar-refractivity contribution in [2.45, 2.75) is 12.5 Å². The minimum Gasteiger partial charge on any atom is -0.489 e. The second-order valence-electron chi connectivity index (χ2n) is 6.84. The average Bonchev–Trinajstić information content (AvgIpc) is 2.76. The second-order valence-corrected chi connectivity index (χ2v) is 6.84. The molecule has 1 atom stereocenters. The van der Waals surface area contributed by atoms with Gasteiger partial charge < -0.3 is 28.4 Å². The molecule has 0 N–H and O–H groups in total. The number of fused-ring (bicyclic) bond motifs is 1. The molecular weight excluding hydrogens is 400 g/mol. The molecule has 0 saturated carbocycles. The van der Waals surface area contributed by atoms with Crippen molar-refractivity contribution in [2.24, 2.45) is 0 Å². The zero-order valence-corrected chi connectivity index (χ0v) is 17.1. The molecule has 0 aromatic heterocycles. The van der Waals surface area contributed by atoms with E-state index in [1.165, 1.54) is 13.2 Å². The average molecular weight is 426 g/mol. The molecule has 2 aliphatic rings. The van der Waals surface area contributed by atoms with Crippen LogP contribution in [0.1, 0.15) is 16.8 Å². The third-order valence-electron chi connectivity index (χ3n) is 4.80. The summed E-state index contributed by atoms with van der Waals surface area (Å²) in [4.78, 5) is 25.4. The number of esters is 1. The highest BCUT2D eigenvalue weighted by Gasteiger charge is 2.37. The van der Waals surface area contributed by atoms with Crippen molar-refractivity contribution in [1.29, 1.82) is 0 Å². The van der Waals surface area contributed by atoms with Gasteiger partial charge in [-0.05, 0) is 6.42 Å². The highest BCUT2D eigenvalue weighted by Crippen LogP contribution is 2.47. The molecule has 166 valence electrons. The first-order valence-electron chi connectivity index (χ1n) is 9.70. The fourth-order valence-corrected chi connectivity index (χ4v) is 3.34. The van der Waals surface area contributed by atoms with Gasteiger partial charge in [-0.2, -0.15) is 0 Å². The van der Waals surface area contributed by atoms with E-state index in [1.807, 2.05) is 0 Å². The van der Waals surface area contributed by atoms with Crippen LogP contribution >= 0.6 is 0 Å². The Morgan fingerprint density at radius 3 is 2.73 bits per heavy atom. The SMILES string of the molecule is COCC1COc2c(c(OCCCN3CCOCC3)cc([N+](=O)[O-])c2C(=O)OC)O1. The van der Waals surface area contributed by atoms with Gasteiger partial charge in [0, 0.05) is 26.7 Å². The van der Waals surface area contributed by atoms with Crippen LogP contribution in [-0.2, 0) is 14.2 Å².